The third-order valence-corrected chi connectivity index (χ3v) is 7.33. The van der Waals surface area contributed by atoms with Crippen LogP contribution < -0.4 is 20.1 Å². The smallest absolute Gasteiger partial charge is 0.337 e. The van der Waals surface area contributed by atoms with E-state index in [1.165, 1.54) is 6.07 Å². The molecule has 1 saturated carbocycles. The number of amides is 2. The van der Waals surface area contributed by atoms with Gasteiger partial charge in [-0.05, 0) is 85.8 Å². The van der Waals surface area contributed by atoms with Crippen LogP contribution in [0.4, 0.5) is 11.4 Å². The molecular formula is C35H31N3O6. The van der Waals surface area contributed by atoms with E-state index in [1.807, 2.05) is 24.3 Å². The summed E-state index contributed by atoms with van der Waals surface area (Å²) in [6, 6.07) is 27.6. The molecule has 4 aromatic carbocycles. The lowest BCUT2D eigenvalue weighted by molar-refractivity contribution is -0.115. The molecule has 0 atom stereocenters. The zero-order chi connectivity index (χ0) is 30.9. The van der Waals surface area contributed by atoms with E-state index in [0.717, 1.165) is 37.0 Å². The van der Waals surface area contributed by atoms with Crippen molar-refractivity contribution in [3.05, 3.63) is 125 Å². The highest BCUT2D eigenvalue weighted by Crippen LogP contribution is 2.28. The normalized spacial score (nSPS) is 15.8. The average Bonchev–Trinajstić information content (AvgIpc) is 3.04. The number of hydrogen-bond donors (Lipinski definition) is 3. The maximum atomic E-state index is 12.6. The van der Waals surface area contributed by atoms with Crippen molar-refractivity contribution >= 4 is 29.2 Å². The number of rotatable bonds is 10. The van der Waals surface area contributed by atoms with Gasteiger partial charge in [0.1, 0.15) is 17.2 Å². The number of anilines is 1. The van der Waals surface area contributed by atoms with Gasteiger partial charge in [0.25, 0.3) is 0 Å². The lowest BCUT2D eigenvalue weighted by atomic mass is 9.92. The second-order valence-corrected chi connectivity index (χ2v) is 10.5. The number of aromatic carboxylic acids is 1. The van der Waals surface area contributed by atoms with Crippen molar-refractivity contribution in [2.75, 3.05) is 5.32 Å². The summed E-state index contributed by atoms with van der Waals surface area (Å²) in [7, 11) is 0. The summed E-state index contributed by atoms with van der Waals surface area (Å²) in [6.45, 7) is 7.13. The molecule has 44 heavy (non-hydrogen) atoms. The van der Waals surface area contributed by atoms with Crippen LogP contribution in [0.5, 0.6) is 17.2 Å². The number of nitrogens with zero attached hydrogens (tertiary/aromatic N) is 1. The Kier molecular flexibility index (Phi) is 9.52. The monoisotopic (exact) mass is 589 g/mol. The highest BCUT2D eigenvalue weighted by atomic mass is 16.5. The maximum Gasteiger partial charge on any atom is 0.337 e. The first kappa shape index (κ1) is 29.9. The van der Waals surface area contributed by atoms with E-state index in [2.05, 4.69) is 15.5 Å². The largest absolute Gasteiger partial charge is 0.490 e. The second-order valence-electron chi connectivity index (χ2n) is 10.5. The predicted molar refractivity (Wildman–Crippen MR) is 166 cm³/mol. The Balaban J connectivity index is 1.06. The molecule has 0 saturated heterocycles. The van der Waals surface area contributed by atoms with Crippen LogP contribution in [0.15, 0.2) is 97.1 Å². The van der Waals surface area contributed by atoms with Gasteiger partial charge in [0.2, 0.25) is 11.8 Å². The lowest BCUT2D eigenvalue weighted by Crippen LogP contribution is -2.39. The summed E-state index contributed by atoms with van der Waals surface area (Å²) < 4.78 is 12.1. The second kappa shape index (κ2) is 14.0. The molecule has 0 aromatic heterocycles. The summed E-state index contributed by atoms with van der Waals surface area (Å²) in [5.74, 6) is 0.418. The van der Waals surface area contributed by atoms with Crippen LogP contribution in [0.2, 0.25) is 0 Å². The van der Waals surface area contributed by atoms with Crippen LogP contribution in [0.25, 0.3) is 4.85 Å². The average molecular weight is 590 g/mol. The van der Waals surface area contributed by atoms with Crippen molar-refractivity contribution in [1.82, 2.24) is 5.32 Å². The molecule has 4 aromatic rings. The van der Waals surface area contributed by atoms with Crippen LogP contribution in [0.3, 0.4) is 0 Å². The van der Waals surface area contributed by atoms with Crippen molar-refractivity contribution in [2.45, 2.75) is 44.2 Å². The van der Waals surface area contributed by atoms with Crippen molar-refractivity contribution in [2.24, 2.45) is 0 Å². The number of carbonyl (C=O) groups is 3. The summed E-state index contributed by atoms with van der Waals surface area (Å²) in [4.78, 5) is 39.8. The number of carboxylic acids is 1. The Bertz CT molecular complexity index is 1670. The molecule has 0 heterocycles. The van der Waals surface area contributed by atoms with Crippen molar-refractivity contribution < 1.29 is 29.0 Å². The van der Waals surface area contributed by atoms with Gasteiger partial charge >= 0.3 is 5.97 Å². The molecule has 1 fully saturated rings. The first-order chi connectivity index (χ1) is 21.4. The van der Waals surface area contributed by atoms with Gasteiger partial charge in [-0.2, -0.15) is 0 Å². The molecule has 5 rings (SSSR count). The molecule has 222 valence electrons. The topological polar surface area (TPSA) is 118 Å². The Morgan fingerprint density at radius 3 is 2.16 bits per heavy atom. The fourth-order valence-corrected chi connectivity index (χ4v) is 5.06. The van der Waals surface area contributed by atoms with Gasteiger partial charge in [0.05, 0.1) is 30.3 Å². The summed E-state index contributed by atoms with van der Waals surface area (Å²) >= 11 is 0. The number of hydrogen-bond acceptors (Lipinski definition) is 5. The molecule has 0 unspecified atom stereocenters. The molecule has 1 aliphatic rings. The van der Waals surface area contributed by atoms with E-state index < -0.39 is 5.97 Å². The standard InChI is InChI=1S/C35H31N3O6/c1-36-26-6-4-5-24(22-26)34(40)37-25-11-15-28(16-12-25)44-30-19-17-29(18-20-30)43-27-13-9-23(10-14-27)21-33(39)38-32-8-3-2-7-31(32)35(41)42/h2-10,13-14,17-20,22,25,28H,11-12,15-16,21H2,(H,37,40)(H,38,39)(H,41,42). The maximum absolute atomic E-state index is 12.6. The van der Waals surface area contributed by atoms with Gasteiger partial charge in [-0.25, -0.2) is 9.64 Å². The minimum absolute atomic E-state index is 0.0379. The van der Waals surface area contributed by atoms with Crippen LogP contribution in [0, 0.1) is 6.57 Å². The fourth-order valence-electron chi connectivity index (χ4n) is 5.06. The van der Waals surface area contributed by atoms with E-state index in [1.54, 1.807) is 66.7 Å². The van der Waals surface area contributed by atoms with Gasteiger partial charge < -0.3 is 25.2 Å². The summed E-state index contributed by atoms with van der Waals surface area (Å²) in [5.41, 5.74) is 2.00. The highest BCUT2D eigenvalue weighted by Gasteiger charge is 2.24. The molecule has 0 aliphatic heterocycles. The zero-order valence-electron chi connectivity index (χ0n) is 23.9. The van der Waals surface area contributed by atoms with Gasteiger partial charge in [0.15, 0.2) is 5.69 Å². The van der Waals surface area contributed by atoms with E-state index >= 15 is 0 Å². The Morgan fingerprint density at radius 1 is 0.818 bits per heavy atom. The third kappa shape index (κ3) is 8.01. The minimum atomic E-state index is -1.10. The number of carbonyl (C=O) groups excluding carboxylic acids is 2. The molecule has 3 N–H and O–H groups in total. The molecule has 9 nitrogen and oxygen atoms in total. The number of ether oxygens (including phenoxy) is 2. The highest BCUT2D eigenvalue weighted by molar-refractivity contribution is 6.01. The van der Waals surface area contributed by atoms with E-state index in [4.69, 9.17) is 16.0 Å². The van der Waals surface area contributed by atoms with Gasteiger partial charge in [0, 0.05) is 11.6 Å². The summed E-state index contributed by atoms with van der Waals surface area (Å²) in [5, 5.41) is 15.0. The zero-order valence-corrected chi connectivity index (χ0v) is 23.9. The van der Waals surface area contributed by atoms with Gasteiger partial charge in [-0.3, -0.25) is 9.59 Å². The van der Waals surface area contributed by atoms with E-state index in [0.29, 0.717) is 22.7 Å². The Labute approximate surface area is 255 Å². The van der Waals surface area contributed by atoms with Crippen LogP contribution in [0.1, 0.15) is 52.0 Å². The third-order valence-electron chi connectivity index (χ3n) is 7.33. The molecule has 0 spiro atoms. The molecule has 0 radical (unpaired) electrons. The molecule has 2 amide bonds. The number of carboxylic acid groups (broad SMARTS) is 1. The molecule has 0 bridgehead atoms. The van der Waals surface area contributed by atoms with Crippen molar-refractivity contribution in [3.8, 4) is 17.2 Å². The van der Waals surface area contributed by atoms with Gasteiger partial charge in [-0.15, -0.1) is 0 Å². The molecule has 9 heteroatoms. The van der Waals surface area contributed by atoms with Gasteiger partial charge in [-0.1, -0.05) is 42.5 Å². The van der Waals surface area contributed by atoms with Crippen LogP contribution in [-0.4, -0.2) is 35.0 Å². The number of benzene rings is 4. The van der Waals surface area contributed by atoms with Crippen LogP contribution in [-0.2, 0) is 11.2 Å². The minimum Gasteiger partial charge on any atom is -0.490 e. The molecule has 1 aliphatic carbocycles. The first-order valence-electron chi connectivity index (χ1n) is 14.3. The van der Waals surface area contributed by atoms with E-state index in [9.17, 15) is 19.5 Å². The Morgan fingerprint density at radius 2 is 1.48 bits per heavy atom. The van der Waals surface area contributed by atoms with Crippen molar-refractivity contribution in [1.29, 1.82) is 0 Å². The SMILES string of the molecule is [C-]#[N+]c1cccc(C(=O)NC2CCC(Oc3ccc(Oc4ccc(CC(=O)Nc5ccccc5C(=O)O)cc4)cc3)CC2)c1. The number of nitrogens with one attached hydrogen (secondary N) is 2. The van der Waals surface area contributed by atoms with Crippen molar-refractivity contribution in [3.63, 3.8) is 0 Å². The first-order valence-corrected chi connectivity index (χ1v) is 14.3. The number of para-hydroxylation sites is 1. The quantitative estimate of drug-likeness (QED) is 0.171. The summed E-state index contributed by atoms with van der Waals surface area (Å²) in [6.07, 6.45) is 3.42. The fraction of sp³-hybridized carbons (Fsp3) is 0.200. The molecular weight excluding hydrogens is 558 g/mol. The predicted octanol–water partition coefficient (Wildman–Crippen LogP) is 7.03. The van der Waals surface area contributed by atoms with Crippen LogP contribution >= 0.6 is 0 Å². The Hall–Kier alpha value is -5.62. The van der Waals surface area contributed by atoms with E-state index in [-0.39, 0.29) is 41.6 Å². The lowest BCUT2D eigenvalue weighted by Gasteiger charge is -2.29.